The van der Waals surface area contributed by atoms with Gasteiger partial charge in [-0.05, 0) is 75.8 Å². The van der Waals surface area contributed by atoms with Crippen LogP contribution in [0.5, 0.6) is 0 Å². The summed E-state index contributed by atoms with van der Waals surface area (Å²) in [5.74, 6) is 0. The highest BCUT2D eigenvalue weighted by Gasteiger charge is 2.21. The summed E-state index contributed by atoms with van der Waals surface area (Å²) in [4.78, 5) is 0. The predicted octanol–water partition coefficient (Wildman–Crippen LogP) is 3.58. The summed E-state index contributed by atoms with van der Waals surface area (Å²) >= 11 is 16.4. The van der Waals surface area contributed by atoms with E-state index in [0.29, 0.717) is 0 Å². The number of nitrogens with zero attached hydrogens (tertiary/aromatic N) is 10. The average Bonchev–Trinajstić information content (AvgIpc) is 3.73. The molecular formula is C20H31N12S8+. The molecule has 2 fully saturated rings. The van der Waals surface area contributed by atoms with Gasteiger partial charge in [-0.15, -0.1) is 30.6 Å². The second-order valence-corrected chi connectivity index (χ2v) is 17.8. The normalized spacial score (nSPS) is 16.7. The molecule has 6 rings (SSSR count). The van der Waals surface area contributed by atoms with Crippen molar-refractivity contribution in [3.05, 3.63) is 24.0 Å². The minimum absolute atomic E-state index is 0.748. The zero-order chi connectivity index (χ0) is 28.3. The number of quaternary nitrogens is 1. The quantitative estimate of drug-likeness (QED) is 0.225. The number of rotatable bonds is 6. The van der Waals surface area contributed by atoms with Gasteiger partial charge in [0.1, 0.15) is 20.0 Å². The van der Waals surface area contributed by atoms with Crippen LogP contribution >= 0.6 is 93.4 Å². The number of aromatic amines is 1. The van der Waals surface area contributed by atoms with Crippen LogP contribution < -0.4 is 5.32 Å². The van der Waals surface area contributed by atoms with Gasteiger partial charge in [0.05, 0.1) is 26.2 Å². The van der Waals surface area contributed by atoms with Crippen molar-refractivity contribution in [1.82, 2.24) is 53.7 Å². The zero-order valence-corrected chi connectivity index (χ0v) is 29.0. The second-order valence-electron chi connectivity index (χ2n) is 8.32. The summed E-state index contributed by atoms with van der Waals surface area (Å²) in [6.45, 7) is 16.6. The third kappa shape index (κ3) is 11.6. The Labute approximate surface area is 267 Å². The van der Waals surface area contributed by atoms with Crippen molar-refractivity contribution in [2.75, 3.05) is 52.4 Å². The molecule has 0 aliphatic carbocycles. The lowest BCUT2D eigenvalue weighted by atomic mass is 10.4. The molecule has 2 aliphatic heterocycles. The van der Waals surface area contributed by atoms with Crippen LogP contribution in [-0.4, -0.2) is 106 Å². The molecule has 0 bridgehead atoms. The minimum Gasteiger partial charge on any atom is -0.344 e. The highest BCUT2D eigenvalue weighted by molar-refractivity contribution is 7.99. The molecule has 0 spiro atoms. The lowest BCUT2D eigenvalue weighted by molar-refractivity contribution is -0.661. The molecule has 2 saturated heterocycles. The van der Waals surface area contributed by atoms with Crippen LogP contribution in [-0.2, 0) is 0 Å². The number of hydrogen-bond donors (Lipinski definition) is 2. The summed E-state index contributed by atoms with van der Waals surface area (Å²) in [5, 5.41) is 37.4. The standard InChI is InChI=1S/C10H14N6S4.C7H12N4S2.C3H4N2S2/c1-7-11-13-9(17-7)19-15-3-5-16(6-4-15)20-10-14-12-8(2)18-10;1-6-9-10-7(12-6)13-11-4-2-8-3-5-11;1-2-4-5-3(6)7-2/h3-6H2,1-2H3;8H,2-5H2,1H3;1H3,(H,5,6)/p+1. The van der Waals surface area contributed by atoms with Gasteiger partial charge in [0.2, 0.25) is 0 Å². The monoisotopic (exact) mass is 695 g/mol. The number of hydrogen-bond acceptors (Lipinski definition) is 18. The predicted molar refractivity (Wildman–Crippen MR) is 170 cm³/mol. The maximum Gasteiger partial charge on any atom is 0.189 e. The van der Waals surface area contributed by atoms with Crippen LogP contribution in [0.3, 0.4) is 0 Å². The fraction of sp³-hybridized carbons (Fsp3) is 0.600. The highest BCUT2D eigenvalue weighted by Crippen LogP contribution is 2.30. The van der Waals surface area contributed by atoms with E-state index in [-0.39, 0.29) is 0 Å². The van der Waals surface area contributed by atoms with Crippen LogP contribution in [0.4, 0.5) is 0 Å². The summed E-state index contributed by atoms with van der Waals surface area (Å²) in [6, 6.07) is 0. The third-order valence-electron chi connectivity index (χ3n) is 5.05. The molecule has 4 aromatic heterocycles. The molecule has 0 atom stereocenters. The van der Waals surface area contributed by atoms with Crippen molar-refractivity contribution in [2.45, 2.75) is 40.7 Å². The molecule has 3 N–H and O–H groups in total. The van der Waals surface area contributed by atoms with E-state index in [4.69, 9.17) is 12.2 Å². The highest BCUT2D eigenvalue weighted by atomic mass is 32.2. The molecule has 0 saturated carbocycles. The second kappa shape index (κ2) is 16.8. The lowest BCUT2D eigenvalue weighted by Crippen LogP contribution is -2.89. The Kier molecular flexibility index (Phi) is 13.6. The third-order valence-corrected chi connectivity index (χ3v) is 12.0. The van der Waals surface area contributed by atoms with E-state index in [1.165, 1.54) is 24.4 Å². The van der Waals surface area contributed by atoms with Crippen molar-refractivity contribution in [3.63, 3.8) is 0 Å². The summed E-state index contributed by atoms with van der Waals surface area (Å²) < 4.78 is 10.9. The Morgan fingerprint density at radius 3 is 1.27 bits per heavy atom. The number of aromatic nitrogens is 8. The van der Waals surface area contributed by atoms with Crippen molar-refractivity contribution in [1.29, 1.82) is 0 Å². The maximum atomic E-state index is 4.73. The number of piperazine rings is 2. The van der Waals surface area contributed by atoms with Crippen LogP contribution in [0.15, 0.2) is 13.0 Å². The van der Waals surface area contributed by atoms with Gasteiger partial charge >= 0.3 is 0 Å². The molecular weight excluding hydrogens is 665 g/mol. The number of nitrogens with one attached hydrogen (secondary N) is 1. The first-order chi connectivity index (χ1) is 19.3. The van der Waals surface area contributed by atoms with Gasteiger partial charge in [0, 0.05) is 26.2 Å². The van der Waals surface area contributed by atoms with Gasteiger partial charge in [-0.2, -0.15) is 5.10 Å². The Balaban J connectivity index is 0.000000157. The van der Waals surface area contributed by atoms with E-state index >= 15 is 0 Å². The lowest BCUT2D eigenvalue weighted by Gasteiger charge is -2.31. The summed E-state index contributed by atoms with van der Waals surface area (Å²) in [7, 11) is 0. The average molecular weight is 696 g/mol. The number of nitrogens with two attached hydrogens (primary N) is 1. The fourth-order valence-corrected chi connectivity index (χ4v) is 9.82. The molecule has 0 unspecified atom stereocenters. The van der Waals surface area contributed by atoms with Crippen molar-refractivity contribution < 1.29 is 5.32 Å². The number of H-pyrrole nitrogens is 1. The molecule has 0 radical (unpaired) electrons. The molecule has 218 valence electrons. The van der Waals surface area contributed by atoms with Crippen LogP contribution in [0, 0.1) is 31.6 Å². The van der Waals surface area contributed by atoms with E-state index in [2.05, 4.69) is 59.0 Å². The first-order valence-corrected chi connectivity index (χ1v) is 18.3. The topological polar surface area (TPSA) is 132 Å². The molecule has 0 amide bonds. The van der Waals surface area contributed by atoms with E-state index in [0.717, 1.165) is 76.3 Å². The SMILES string of the molecule is Cc1n[nH]c(=S)s1.Cc1nnc(SN2CCN(Sc3nnc(C)s3)CC2)s1.Cc1nnc(SN2CC[NH2+]CC2)s1. The zero-order valence-electron chi connectivity index (χ0n) is 22.5. The van der Waals surface area contributed by atoms with E-state index in [1.807, 2.05) is 27.7 Å². The van der Waals surface area contributed by atoms with Crippen LogP contribution in [0.25, 0.3) is 0 Å². The van der Waals surface area contributed by atoms with Crippen LogP contribution in [0.2, 0.25) is 0 Å². The van der Waals surface area contributed by atoms with Crippen molar-refractivity contribution >= 4 is 93.4 Å². The van der Waals surface area contributed by atoms with E-state index in [9.17, 15) is 0 Å². The van der Waals surface area contributed by atoms with E-state index in [1.54, 1.807) is 69.9 Å². The van der Waals surface area contributed by atoms with Gasteiger partial charge in [0.25, 0.3) is 0 Å². The number of aryl methyl sites for hydroxylation is 4. The fourth-order valence-electron chi connectivity index (χ4n) is 3.25. The first kappa shape index (κ1) is 32.3. The maximum absolute atomic E-state index is 4.73. The molecule has 6 heterocycles. The van der Waals surface area contributed by atoms with Crippen LogP contribution in [0.1, 0.15) is 20.0 Å². The Morgan fingerprint density at radius 1 is 0.600 bits per heavy atom. The van der Waals surface area contributed by atoms with Gasteiger partial charge < -0.3 is 5.32 Å². The Bertz CT molecular complexity index is 1280. The molecule has 2 aliphatic rings. The van der Waals surface area contributed by atoms with Gasteiger partial charge in [-0.1, -0.05) is 45.3 Å². The molecule has 0 aromatic carbocycles. The van der Waals surface area contributed by atoms with Crippen molar-refractivity contribution in [3.8, 4) is 0 Å². The summed E-state index contributed by atoms with van der Waals surface area (Å²) in [5.41, 5.74) is 0. The smallest absolute Gasteiger partial charge is 0.189 e. The minimum atomic E-state index is 0.748. The van der Waals surface area contributed by atoms with Crippen molar-refractivity contribution in [2.24, 2.45) is 0 Å². The molecule has 12 nitrogen and oxygen atoms in total. The van der Waals surface area contributed by atoms with E-state index < -0.39 is 0 Å². The largest absolute Gasteiger partial charge is 0.344 e. The van der Waals surface area contributed by atoms with Gasteiger partial charge in [0.15, 0.2) is 17.0 Å². The molecule has 40 heavy (non-hydrogen) atoms. The first-order valence-electron chi connectivity index (χ1n) is 12.3. The molecule has 20 heteroatoms. The Morgan fingerprint density at radius 2 is 1.00 bits per heavy atom. The van der Waals surface area contributed by atoms with Gasteiger partial charge in [-0.25, -0.2) is 12.9 Å². The van der Waals surface area contributed by atoms with Gasteiger partial charge in [-0.3, -0.25) is 5.10 Å². The Hall–Kier alpha value is -0.650. The molecule has 4 aromatic rings. The summed E-state index contributed by atoms with van der Waals surface area (Å²) in [6.07, 6.45) is 0.